The molecule has 0 aliphatic carbocycles. The van der Waals surface area contributed by atoms with E-state index in [4.69, 9.17) is 39.8 Å². The molecule has 0 saturated carbocycles. The molecule has 2 fully saturated rings. The van der Waals surface area contributed by atoms with Gasteiger partial charge in [0.1, 0.15) is 57.0 Å². The molecule has 0 spiro atoms. The van der Waals surface area contributed by atoms with Crippen molar-refractivity contribution in [1.82, 2.24) is 85.1 Å². The summed E-state index contributed by atoms with van der Waals surface area (Å²) in [6, 6.07) is 2.61. The molecule has 0 radical (unpaired) electrons. The van der Waals surface area contributed by atoms with Crippen LogP contribution in [0.4, 0.5) is 5.69 Å². The van der Waals surface area contributed by atoms with Crippen LogP contribution in [0, 0.1) is 11.3 Å². The molecule has 2 heterocycles. The Hall–Kier alpha value is -11.0. The summed E-state index contributed by atoms with van der Waals surface area (Å²) in [6.07, 6.45) is 1.01. The van der Waals surface area contributed by atoms with Gasteiger partial charge in [0.05, 0.1) is 74.2 Å². The van der Waals surface area contributed by atoms with Crippen LogP contribution in [0.15, 0.2) is 91.7 Å². The third kappa shape index (κ3) is 41.2. The zero-order valence-corrected chi connectivity index (χ0v) is 86.5. The molecule has 2 saturated heterocycles. The number of nitrogens with one attached hydrogen (secondary N) is 18. The Morgan fingerprint density at radius 1 is 0.538 bits per heavy atom. The number of benzene rings is 5. The Balaban J connectivity index is 0.0000103. The van der Waals surface area contributed by atoms with Crippen LogP contribution in [-0.4, -0.2) is 315 Å². The summed E-state index contributed by atoms with van der Waals surface area (Å²) in [6.45, 7) is 11.4. The minimum atomic E-state index is -5.25. The van der Waals surface area contributed by atoms with Crippen molar-refractivity contribution < 1.29 is 151 Å². The van der Waals surface area contributed by atoms with Crippen molar-refractivity contribution in [1.29, 1.82) is 5.41 Å². The number of thiocarbonyl (C=S) groups is 1. The number of amides is 12. The quantitative estimate of drug-likeness (QED) is 0.00257. The molecular formula is C85H123N21O29S7Tc. The van der Waals surface area contributed by atoms with Crippen LogP contribution < -0.4 is 96.1 Å². The second kappa shape index (κ2) is 59.4. The first-order valence-corrected chi connectivity index (χ1v) is 54.7. The molecule has 0 aromatic heterocycles. The fourth-order valence-corrected chi connectivity index (χ4v) is 20.1. The number of carboxylic acid groups (broad SMARTS) is 1. The molecule has 143 heavy (non-hydrogen) atoms. The van der Waals surface area contributed by atoms with E-state index in [0.29, 0.717) is 55.5 Å². The van der Waals surface area contributed by atoms with Crippen molar-refractivity contribution in [3.8, 4) is 0 Å². The van der Waals surface area contributed by atoms with Gasteiger partial charge in [-0.3, -0.25) is 81.4 Å². The van der Waals surface area contributed by atoms with Gasteiger partial charge in [-0.15, -0.1) is 11.8 Å². The topological polar surface area (TPSA) is 777 Å². The number of hydrogen-bond donors (Lipinski definition) is 25. The monoisotopic (exact) mass is 2220 g/mol. The summed E-state index contributed by atoms with van der Waals surface area (Å²) in [5.74, 6) is -14.3. The molecule has 58 heteroatoms. The predicted octanol–water partition coefficient (Wildman–Crippen LogP) is -0.936. The number of aliphatic carboxylic acids is 1. The first-order valence-electron chi connectivity index (χ1n) is 44.8. The van der Waals surface area contributed by atoms with Crippen LogP contribution in [0.3, 0.4) is 0 Å². The summed E-state index contributed by atoms with van der Waals surface area (Å²) in [4.78, 5) is 179. The van der Waals surface area contributed by atoms with E-state index in [1.165, 1.54) is 12.1 Å². The van der Waals surface area contributed by atoms with E-state index in [9.17, 15) is 117 Å². The Kier molecular flexibility index (Phi) is 50.2. The van der Waals surface area contributed by atoms with Gasteiger partial charge in [-0.25, -0.2) is 0 Å². The number of guanidine groups is 1. The third-order valence-corrected chi connectivity index (χ3v) is 29.0. The molecule has 7 atom stereocenters. The number of hydrogen-bond acceptors (Lipinski definition) is 34. The molecule has 7 rings (SSSR count). The zero-order chi connectivity index (χ0) is 106. The van der Waals surface area contributed by atoms with Crippen LogP contribution >= 0.6 is 45.6 Å². The summed E-state index contributed by atoms with van der Waals surface area (Å²) < 4.78 is 136. The Morgan fingerprint density at radius 3 is 1.54 bits per heavy atom. The van der Waals surface area contributed by atoms with E-state index in [0.717, 1.165) is 64.4 Å². The Bertz CT molecular complexity index is 5710. The average molecular weight is 2230 g/mol. The first-order chi connectivity index (χ1) is 67.5. The number of carbonyl (C=O) groups excluding carboxylic acids is 12. The van der Waals surface area contributed by atoms with Crippen LogP contribution in [-0.2, 0) is 133 Å². The number of carboxylic acids is 1. The van der Waals surface area contributed by atoms with Gasteiger partial charge < -0.3 is 121 Å². The van der Waals surface area contributed by atoms with Gasteiger partial charge in [-0.05, 0) is 148 Å². The molecular weight excluding hydrogens is 2100 g/mol. The van der Waals surface area contributed by atoms with Gasteiger partial charge in [-0.2, -0.15) is 25.3 Å². The van der Waals surface area contributed by atoms with E-state index in [1.807, 2.05) is 27.7 Å². The molecule has 5 aromatic carbocycles. The molecule has 5 aromatic rings. The number of carbonyl (C=O) groups is 13. The minimum absolute atomic E-state index is 0.0123. The molecule has 2 aliphatic rings. The van der Waals surface area contributed by atoms with E-state index in [-0.39, 0.29) is 165 Å². The maximum atomic E-state index is 15.0. The standard InChI is InChI=1S/C85H123N21O27S7.2O.Tc/c1-48(105-121)84(3,4)95-30-25-50(26-31-96-85(5,6)49(2)106-122)24-29-88-67(107)18-12-19-68(108)89-32-34-132-36-37-133-35-33-90-69(109)42-93-76(115)61-44-135-47-71(111)97-57(16-10-11-27-92-83(134)104-58-39-64(138(123,124)125)53-22-23-55-66(140(129,130)131)41-65(139(126,127)128)54-21-20-52(58)73(53)74(54)55)77(116)102-62-45-136-137-46-63(81(120)100-59(78(117)101-61)38-51-14-8-7-9-15-51)103-79(118)60(40-72(112)113)98-70(110)43-94-75(114)56(99-80(62)119)17-13-28-91-82(86)87;;;/h7-9,14-15,20-23,39,41,50,56-57,59-63,95-96,121-122H,10-13,16-19,24-38,40,42-47H2,1-6H3,(H,88,107)(H,89,108)(H,90,109)(H,93,115)(H,94,114)(H,97,111)(H,98,110)(H,99,119)(H,100,120)(H,101,117)(H,102,116)(H,103,118)(H,112,113)(H4,86,87,91)(H2,92,104,134)(H,123,124,125)(H,126,127,128)(H,129,130,131);;;/b105-48+,106-49+;;;/t56-,57-,59-,60-,61-,62-,63-;;;/m0.../s1/i;;;1+1. The van der Waals surface area contributed by atoms with Crippen molar-refractivity contribution in [2.75, 3.05) is 114 Å². The van der Waals surface area contributed by atoms with Gasteiger partial charge in [0.25, 0.3) is 30.4 Å². The van der Waals surface area contributed by atoms with Gasteiger partial charge in [0.2, 0.25) is 70.9 Å². The number of ether oxygens (including phenoxy) is 2. The summed E-state index contributed by atoms with van der Waals surface area (Å²) in [7, 11) is -14.0. The molecule has 50 nitrogen and oxygen atoms in total. The summed E-state index contributed by atoms with van der Waals surface area (Å²) in [5, 5.41) is 87.4. The molecule has 2 aliphatic heterocycles. The van der Waals surface area contributed by atoms with Crippen molar-refractivity contribution in [2.24, 2.45) is 22.0 Å². The van der Waals surface area contributed by atoms with Crippen LogP contribution in [0.1, 0.15) is 124 Å². The average Bonchev–Trinajstić information content (AvgIpc) is 0.704. The second-order valence-electron chi connectivity index (χ2n) is 33.9. The van der Waals surface area contributed by atoms with E-state index >= 15 is 0 Å². The number of nitrogens with two attached hydrogens (primary N) is 1. The van der Waals surface area contributed by atoms with Crippen molar-refractivity contribution in [3.63, 3.8) is 0 Å². The second-order valence-corrected chi connectivity index (χ2v) is 42.4. The van der Waals surface area contributed by atoms with Crippen molar-refractivity contribution in [3.05, 3.63) is 72.3 Å². The fraction of sp³-hybridized carbons (Fsp3) is 0.541. The molecule has 12 amide bonds. The predicted molar refractivity (Wildman–Crippen MR) is 528 cm³/mol. The molecule has 2 bridgehead atoms. The van der Waals surface area contributed by atoms with Gasteiger partial charge in [0.15, 0.2) is 11.1 Å². The van der Waals surface area contributed by atoms with Gasteiger partial charge in [0, 0.05) is 107 Å². The van der Waals surface area contributed by atoms with Gasteiger partial charge >= 0.3 is 30.6 Å². The number of anilines is 1. The van der Waals surface area contributed by atoms with Gasteiger partial charge in [-0.1, -0.05) is 86.5 Å². The van der Waals surface area contributed by atoms with Crippen LogP contribution in [0.2, 0.25) is 0 Å². The van der Waals surface area contributed by atoms with E-state index in [2.05, 4.69) is 101 Å². The van der Waals surface area contributed by atoms with E-state index < -0.39 is 230 Å². The van der Waals surface area contributed by atoms with Crippen LogP contribution in [0.25, 0.3) is 32.3 Å². The molecule has 0 unspecified atom stereocenters. The number of unbranched alkanes of at least 4 members (excludes halogenated alkanes) is 1. The fourth-order valence-electron chi connectivity index (χ4n) is 14.5. The maximum absolute atomic E-state index is 15.0. The molecule has 791 valence electrons. The van der Waals surface area contributed by atoms with E-state index in [1.54, 1.807) is 44.2 Å². The third-order valence-electron chi connectivity index (χ3n) is 22.6. The first kappa shape index (κ1) is 121. The van der Waals surface area contributed by atoms with Crippen molar-refractivity contribution >= 4 is 213 Å². The number of oxime groups is 2. The number of thioether (sulfide) groups is 1. The molecule has 26 N–H and O–H groups in total. The van der Waals surface area contributed by atoms with Crippen LogP contribution in [0.5, 0.6) is 0 Å². The SMILES string of the molecule is C/C(=N\O)C(C)(C)NCCC(CCNC(=O)CCCC(=O)NCCOCCOCCNC(=O)CNC(=O)[C@@H]1CSCC(=O)N[C@@H](CCCCNC(=S)Nc2cc(S(=O)(=O)O)c3ccc4c(S(=O)(=O)O)cc(S(=O)(=O)O)c5ccc2c3c54)C(=O)N[C@H]2CSSC[C@H](NC(=O)[C@H](CC(=O)O)NC(=O)CNC(=O)[C@H](CCCNC(=N)N)NC2=O)C(=O)N[C@@H](Cc2ccccc2)C(=O)N1)CCNC(C)(C)/C(C)=N/O.[O]=[99Tc]=[O]. The number of rotatable bonds is 46. The van der Waals surface area contributed by atoms with Crippen molar-refractivity contribution in [2.45, 2.75) is 193 Å². The Labute approximate surface area is 849 Å². The number of fused-ring (bicyclic) bond motifs is 5. The normalized spacial score (nSPS) is 18.7. The number of nitrogens with zero attached hydrogens (tertiary/aromatic N) is 2. The Morgan fingerprint density at radius 2 is 1.01 bits per heavy atom. The summed E-state index contributed by atoms with van der Waals surface area (Å²) in [5.41, 5.74) is 5.76. The summed E-state index contributed by atoms with van der Waals surface area (Å²) >= 11 is 4.47. The zero-order valence-electron chi connectivity index (χ0n) is 79.0.